The summed E-state index contributed by atoms with van der Waals surface area (Å²) in [7, 11) is 0. The number of aliphatic imine (C=N–C) groups is 1. The fourth-order valence-corrected chi connectivity index (χ4v) is 7.47. The average molecular weight is 665 g/mol. The molecular weight excluding hydrogens is 621 g/mol. The van der Waals surface area contributed by atoms with E-state index in [0.29, 0.717) is 5.56 Å². The summed E-state index contributed by atoms with van der Waals surface area (Å²) in [6, 6.07) is 31.5. The molecule has 7 rings (SSSR count). The number of benzene rings is 5. The first-order valence-corrected chi connectivity index (χ1v) is 17.8. The van der Waals surface area contributed by atoms with Crippen LogP contribution in [-0.2, 0) is 16.2 Å². The SMILES string of the molecule is CC(C)(C)c1cc(C=Nc2ccccc2-c2nc3c(-c4cccc5c4oc4ccccc45)cc(C(C)(C)C)cc3s2)c(O)c(C(C)(C)C)c1. The second kappa shape index (κ2) is 11.7. The Morgan fingerprint density at radius 2 is 1.33 bits per heavy atom. The Kier molecular flexibility index (Phi) is 7.83. The number of aromatic hydroxyl groups is 1. The Labute approximate surface area is 293 Å². The summed E-state index contributed by atoms with van der Waals surface area (Å²) in [5.41, 5.74) is 10.2. The van der Waals surface area contributed by atoms with Crippen LogP contribution in [-0.4, -0.2) is 16.3 Å². The van der Waals surface area contributed by atoms with E-state index < -0.39 is 0 Å². The number of aromatic nitrogens is 1. The lowest BCUT2D eigenvalue weighted by Gasteiger charge is -2.27. The molecule has 7 aromatic rings. The van der Waals surface area contributed by atoms with Crippen molar-refractivity contribution in [2.75, 3.05) is 0 Å². The standard InChI is InChI=1S/C44H44N2O2S/c1-42(2,3)27-21-26(39(47)34(23-27)44(7,8)9)25-45-35-19-12-10-16-32(35)41-46-38-33(22-28(43(4,5)6)24-37(38)49-41)31-18-14-17-30-29-15-11-13-20-36(29)48-40(30)31/h10-25,47H,1-9H3. The molecule has 5 aromatic carbocycles. The highest BCUT2D eigenvalue weighted by Crippen LogP contribution is 2.44. The molecule has 0 aliphatic carbocycles. The number of rotatable bonds is 4. The molecule has 1 N–H and O–H groups in total. The van der Waals surface area contributed by atoms with Crippen molar-refractivity contribution in [3.8, 4) is 27.4 Å². The highest BCUT2D eigenvalue weighted by Gasteiger charge is 2.25. The molecule has 0 aliphatic heterocycles. The van der Waals surface area contributed by atoms with Gasteiger partial charge in [-0.25, -0.2) is 4.98 Å². The molecule has 2 aromatic heterocycles. The second-order valence-electron chi connectivity index (χ2n) is 16.2. The zero-order valence-corrected chi connectivity index (χ0v) is 30.7. The van der Waals surface area contributed by atoms with Crippen molar-refractivity contribution in [1.82, 2.24) is 4.98 Å². The van der Waals surface area contributed by atoms with Crippen LogP contribution in [0.3, 0.4) is 0 Å². The Bertz CT molecular complexity index is 2410. The number of hydrogen-bond donors (Lipinski definition) is 1. The van der Waals surface area contributed by atoms with Gasteiger partial charge in [0.05, 0.1) is 15.9 Å². The first-order valence-electron chi connectivity index (χ1n) is 17.0. The first kappa shape index (κ1) is 32.8. The van der Waals surface area contributed by atoms with Gasteiger partial charge < -0.3 is 9.52 Å². The van der Waals surface area contributed by atoms with Crippen LogP contribution in [0.25, 0.3) is 53.9 Å². The van der Waals surface area contributed by atoms with Gasteiger partial charge in [-0.3, -0.25) is 4.99 Å². The molecule has 0 atom stereocenters. The lowest BCUT2D eigenvalue weighted by Crippen LogP contribution is -2.17. The van der Waals surface area contributed by atoms with E-state index in [2.05, 4.69) is 123 Å². The zero-order valence-electron chi connectivity index (χ0n) is 29.9. The topological polar surface area (TPSA) is 58.6 Å². The molecule has 49 heavy (non-hydrogen) atoms. The fourth-order valence-electron chi connectivity index (χ4n) is 6.41. The molecule has 0 spiro atoms. The molecule has 0 amide bonds. The summed E-state index contributed by atoms with van der Waals surface area (Å²) in [5, 5.41) is 14.5. The quantitative estimate of drug-likeness (QED) is 0.191. The van der Waals surface area contributed by atoms with Crippen molar-refractivity contribution in [1.29, 1.82) is 0 Å². The molecule has 0 bridgehead atoms. The number of fused-ring (bicyclic) bond motifs is 4. The summed E-state index contributed by atoms with van der Waals surface area (Å²) in [6.45, 7) is 19.7. The van der Waals surface area contributed by atoms with Gasteiger partial charge in [-0.1, -0.05) is 117 Å². The minimum absolute atomic E-state index is 0.0629. The van der Waals surface area contributed by atoms with Gasteiger partial charge in [-0.15, -0.1) is 11.3 Å². The lowest BCUT2D eigenvalue weighted by molar-refractivity contribution is 0.444. The molecule has 0 aliphatic rings. The number of para-hydroxylation sites is 3. The summed E-state index contributed by atoms with van der Waals surface area (Å²) >= 11 is 1.69. The third-order valence-electron chi connectivity index (χ3n) is 9.35. The van der Waals surface area contributed by atoms with E-state index in [4.69, 9.17) is 14.4 Å². The molecule has 248 valence electrons. The third-order valence-corrected chi connectivity index (χ3v) is 10.4. The van der Waals surface area contributed by atoms with Crippen LogP contribution in [0, 0.1) is 0 Å². The van der Waals surface area contributed by atoms with Gasteiger partial charge in [0, 0.05) is 44.8 Å². The van der Waals surface area contributed by atoms with Crippen LogP contribution in [0.2, 0.25) is 0 Å². The smallest absolute Gasteiger partial charge is 0.143 e. The van der Waals surface area contributed by atoms with Crippen molar-refractivity contribution in [2.24, 2.45) is 4.99 Å². The number of phenolic OH excluding ortho intramolecular Hbond substituents is 1. The van der Waals surface area contributed by atoms with E-state index in [1.54, 1.807) is 17.6 Å². The van der Waals surface area contributed by atoms with Crippen molar-refractivity contribution < 1.29 is 9.52 Å². The zero-order chi connectivity index (χ0) is 34.9. The van der Waals surface area contributed by atoms with Gasteiger partial charge in [0.25, 0.3) is 0 Å². The van der Waals surface area contributed by atoms with Crippen LogP contribution < -0.4 is 0 Å². The highest BCUT2D eigenvalue weighted by molar-refractivity contribution is 7.21. The largest absolute Gasteiger partial charge is 0.507 e. The number of thiazole rings is 1. The van der Waals surface area contributed by atoms with E-state index in [1.807, 2.05) is 30.3 Å². The summed E-state index contributed by atoms with van der Waals surface area (Å²) < 4.78 is 7.62. The van der Waals surface area contributed by atoms with Crippen molar-refractivity contribution >= 4 is 55.4 Å². The van der Waals surface area contributed by atoms with Crippen molar-refractivity contribution in [2.45, 2.75) is 78.6 Å². The molecule has 0 saturated heterocycles. The molecule has 4 nitrogen and oxygen atoms in total. The minimum Gasteiger partial charge on any atom is -0.507 e. The highest BCUT2D eigenvalue weighted by atomic mass is 32.1. The van der Waals surface area contributed by atoms with E-state index in [0.717, 1.165) is 70.7 Å². The molecule has 0 saturated carbocycles. The Morgan fingerprint density at radius 3 is 2.06 bits per heavy atom. The van der Waals surface area contributed by atoms with Crippen LogP contribution >= 0.6 is 11.3 Å². The van der Waals surface area contributed by atoms with E-state index >= 15 is 0 Å². The molecule has 0 fully saturated rings. The monoisotopic (exact) mass is 664 g/mol. The van der Waals surface area contributed by atoms with Gasteiger partial charge >= 0.3 is 0 Å². The van der Waals surface area contributed by atoms with Gasteiger partial charge in [-0.2, -0.15) is 0 Å². The van der Waals surface area contributed by atoms with E-state index in [1.165, 1.54) is 5.56 Å². The molecular formula is C44H44N2O2S. The average Bonchev–Trinajstić information content (AvgIpc) is 3.64. The van der Waals surface area contributed by atoms with Crippen molar-refractivity contribution in [3.63, 3.8) is 0 Å². The van der Waals surface area contributed by atoms with Gasteiger partial charge in [-0.05, 0) is 63.8 Å². The van der Waals surface area contributed by atoms with Crippen LogP contribution in [0.15, 0.2) is 100 Å². The summed E-state index contributed by atoms with van der Waals surface area (Å²) in [4.78, 5) is 10.3. The van der Waals surface area contributed by atoms with Crippen LogP contribution in [0.1, 0.15) is 84.6 Å². The van der Waals surface area contributed by atoms with Gasteiger partial charge in [0.15, 0.2) is 0 Å². The number of furan rings is 1. The van der Waals surface area contributed by atoms with Gasteiger partial charge in [0.1, 0.15) is 21.9 Å². The minimum atomic E-state index is -0.219. The number of hydrogen-bond acceptors (Lipinski definition) is 5. The molecule has 0 unspecified atom stereocenters. The Hall–Kier alpha value is -4.74. The maximum atomic E-state index is 11.4. The van der Waals surface area contributed by atoms with Crippen molar-refractivity contribution in [3.05, 3.63) is 113 Å². The lowest BCUT2D eigenvalue weighted by atomic mass is 9.79. The van der Waals surface area contributed by atoms with E-state index in [9.17, 15) is 5.11 Å². The number of phenols is 1. The normalized spacial score (nSPS) is 13.0. The fraction of sp³-hybridized carbons (Fsp3) is 0.273. The molecule has 5 heteroatoms. The van der Waals surface area contributed by atoms with Gasteiger partial charge in [0.2, 0.25) is 0 Å². The Morgan fingerprint density at radius 1 is 0.673 bits per heavy atom. The third kappa shape index (κ3) is 6.06. The molecule has 2 heterocycles. The predicted molar refractivity (Wildman–Crippen MR) is 209 cm³/mol. The van der Waals surface area contributed by atoms with Crippen LogP contribution in [0.4, 0.5) is 5.69 Å². The maximum absolute atomic E-state index is 11.4. The van der Waals surface area contributed by atoms with E-state index in [-0.39, 0.29) is 22.0 Å². The Balaban J connectivity index is 1.39. The molecule has 0 radical (unpaired) electrons. The summed E-state index contributed by atoms with van der Waals surface area (Å²) in [6.07, 6.45) is 1.80. The van der Waals surface area contributed by atoms with Crippen LogP contribution in [0.5, 0.6) is 5.75 Å². The maximum Gasteiger partial charge on any atom is 0.143 e. The first-order chi connectivity index (χ1) is 23.1. The number of nitrogens with zero attached hydrogens (tertiary/aromatic N) is 2. The predicted octanol–water partition coefficient (Wildman–Crippen LogP) is 12.9. The summed E-state index contributed by atoms with van der Waals surface area (Å²) in [5.74, 6) is 0.279. The second-order valence-corrected chi connectivity index (χ2v) is 17.2.